The van der Waals surface area contributed by atoms with E-state index in [2.05, 4.69) is 49.9 Å². The Balaban J connectivity index is 0.898. The Morgan fingerprint density at radius 3 is 2.31 bits per heavy atom. The van der Waals surface area contributed by atoms with Crippen LogP contribution in [0.4, 0.5) is 5.69 Å². The predicted molar refractivity (Wildman–Crippen MR) is 176 cm³/mol. The molecule has 3 aromatic rings. The smallest absolute Gasteiger partial charge is 0.415 e. The summed E-state index contributed by atoms with van der Waals surface area (Å²) in [4.78, 5) is 29.5. The lowest BCUT2D eigenvalue weighted by Gasteiger charge is -2.58. The van der Waals surface area contributed by atoms with Crippen molar-refractivity contribution in [1.29, 1.82) is 0 Å². The maximum Gasteiger partial charge on any atom is 0.415 e. The number of unbranched alkanes of at least 4 members (excludes halogenated alkanes) is 1. The first-order valence-corrected chi connectivity index (χ1v) is 18.7. The number of hydrogen-bond acceptors (Lipinski definition) is 12. The van der Waals surface area contributed by atoms with E-state index in [1.807, 2.05) is 0 Å². The Morgan fingerprint density at radius 2 is 1.57 bits per heavy atom. The number of carbonyl (C=O) groups is 2. The molecule has 6 rings (SSSR count). The van der Waals surface area contributed by atoms with Crippen molar-refractivity contribution in [1.82, 2.24) is 10.1 Å². The van der Waals surface area contributed by atoms with Gasteiger partial charge < -0.3 is 24.3 Å². The molecule has 2 aromatic carbocycles. The van der Waals surface area contributed by atoms with Crippen LogP contribution in [0.25, 0.3) is 0 Å². The molecular formula is C35H44N4O9S. The zero-order valence-electron chi connectivity index (χ0n) is 27.6. The lowest BCUT2D eigenvalue weighted by atomic mass is 9.69. The van der Waals surface area contributed by atoms with Crippen LogP contribution < -0.4 is 14.5 Å². The maximum atomic E-state index is 12.8. The molecule has 3 aliphatic rings. The topological polar surface area (TPSA) is 155 Å². The third kappa shape index (κ3) is 8.18. The Hall–Kier alpha value is -4.17. The van der Waals surface area contributed by atoms with Gasteiger partial charge in [-0.3, -0.25) is 19.1 Å². The van der Waals surface area contributed by atoms with E-state index in [-0.39, 0.29) is 35.9 Å². The fourth-order valence-electron chi connectivity index (χ4n) is 7.81. The highest BCUT2D eigenvalue weighted by Crippen LogP contribution is 2.44. The largest absolute Gasteiger partial charge is 0.466 e. The second-order valence-electron chi connectivity index (χ2n) is 12.9. The molecule has 0 bridgehead atoms. The number of esters is 2. The van der Waals surface area contributed by atoms with Crippen LogP contribution in [0.1, 0.15) is 57.8 Å². The van der Waals surface area contributed by atoms with E-state index < -0.39 is 32.7 Å². The Bertz CT molecular complexity index is 1650. The summed E-state index contributed by atoms with van der Waals surface area (Å²) in [5.41, 5.74) is 1.30. The van der Waals surface area contributed by atoms with Crippen LogP contribution >= 0.6 is 0 Å². The standard InChI is InChI=1S/C35H44N4O9S/c40-31(18-19-32(41)46-23-24-47-34-35(39(42)48-36-34)49(43,44)28-14-5-2-6-15-28)45-22-8-7-17-30-29-16-10-21-37-20-9-11-26(33(29)37)25-38(30)27-12-3-1-4-13-27/h1-6,12-15,26,29-30,33H,7-11,16-25H2. The van der Waals surface area contributed by atoms with E-state index in [9.17, 15) is 23.2 Å². The van der Waals surface area contributed by atoms with E-state index in [1.165, 1.54) is 68.7 Å². The lowest BCUT2D eigenvalue weighted by molar-refractivity contribution is -0.832. The number of rotatable bonds is 15. The Labute approximate surface area is 286 Å². The van der Waals surface area contributed by atoms with Gasteiger partial charge in [-0.1, -0.05) is 36.4 Å². The highest BCUT2D eigenvalue weighted by atomic mass is 32.2. The quantitative estimate of drug-likeness (QED) is 0.128. The molecule has 1 aromatic heterocycles. The lowest BCUT2D eigenvalue weighted by Crippen LogP contribution is -2.64. The minimum atomic E-state index is -4.26. The van der Waals surface area contributed by atoms with Crippen molar-refractivity contribution in [3.8, 4) is 5.88 Å². The first-order chi connectivity index (χ1) is 23.8. The number of nitrogens with zero attached hydrogens (tertiary/aromatic N) is 4. The van der Waals surface area contributed by atoms with E-state index in [1.54, 1.807) is 6.07 Å². The molecule has 14 heteroatoms. The van der Waals surface area contributed by atoms with Crippen LogP contribution in [0.15, 0.2) is 75.2 Å². The average molecular weight is 697 g/mol. The number of ether oxygens (including phenoxy) is 3. The molecule has 49 heavy (non-hydrogen) atoms. The van der Waals surface area contributed by atoms with Crippen molar-refractivity contribution in [3.63, 3.8) is 0 Å². The van der Waals surface area contributed by atoms with Crippen molar-refractivity contribution < 1.29 is 41.7 Å². The number of carbonyl (C=O) groups excluding carboxylic acids is 2. The SMILES string of the molecule is O=C(CCC(=O)OCCOc1no[n+]([O-])c1S(=O)(=O)c1ccccc1)OCCCCC1C2CCCN3CCCC(CN1c1ccccc1)C23. The molecule has 4 atom stereocenters. The summed E-state index contributed by atoms with van der Waals surface area (Å²) in [7, 11) is -4.26. The van der Waals surface area contributed by atoms with Gasteiger partial charge in [0.15, 0.2) is 0 Å². The number of hydrogen-bond donors (Lipinski definition) is 0. The van der Waals surface area contributed by atoms with Gasteiger partial charge in [0.2, 0.25) is 0 Å². The molecule has 264 valence electrons. The summed E-state index contributed by atoms with van der Waals surface area (Å²) >= 11 is 0. The molecule has 13 nitrogen and oxygen atoms in total. The van der Waals surface area contributed by atoms with E-state index in [4.69, 9.17) is 14.2 Å². The molecule has 0 N–H and O–H groups in total. The fourth-order valence-corrected chi connectivity index (χ4v) is 9.10. The number of sulfone groups is 1. The predicted octanol–water partition coefficient (Wildman–Crippen LogP) is 3.94. The first kappa shape index (κ1) is 34.7. The fraction of sp³-hybridized carbons (Fsp3) is 0.543. The highest BCUT2D eigenvalue weighted by Gasteiger charge is 2.48. The third-order valence-corrected chi connectivity index (χ3v) is 11.6. The number of benzene rings is 2. The maximum absolute atomic E-state index is 12.8. The number of piperidine rings is 3. The van der Waals surface area contributed by atoms with E-state index >= 15 is 0 Å². The van der Waals surface area contributed by atoms with Gasteiger partial charge in [-0.2, -0.15) is 0 Å². The zero-order chi connectivity index (χ0) is 34.2. The van der Waals surface area contributed by atoms with Crippen molar-refractivity contribution in [3.05, 3.63) is 65.9 Å². The molecule has 0 amide bonds. The van der Waals surface area contributed by atoms with Gasteiger partial charge >= 0.3 is 22.8 Å². The Morgan fingerprint density at radius 1 is 0.898 bits per heavy atom. The molecule has 0 saturated carbocycles. The van der Waals surface area contributed by atoms with Crippen LogP contribution in [0.5, 0.6) is 5.88 Å². The van der Waals surface area contributed by atoms with Gasteiger partial charge in [0.05, 0.1) is 29.5 Å². The Kier molecular flexibility index (Phi) is 11.3. The molecule has 4 heterocycles. The van der Waals surface area contributed by atoms with Gasteiger partial charge in [0.25, 0.3) is 9.84 Å². The van der Waals surface area contributed by atoms with Gasteiger partial charge in [0.1, 0.15) is 13.2 Å². The third-order valence-electron chi connectivity index (χ3n) is 9.89. The summed E-state index contributed by atoms with van der Waals surface area (Å²) in [6.45, 7) is 3.30. The van der Waals surface area contributed by atoms with Crippen molar-refractivity contribution in [2.45, 2.75) is 79.8 Å². The van der Waals surface area contributed by atoms with Crippen LogP contribution in [-0.2, 0) is 28.9 Å². The van der Waals surface area contributed by atoms with Gasteiger partial charge in [-0.15, -0.1) is 0 Å². The van der Waals surface area contributed by atoms with Gasteiger partial charge in [-0.05, 0) is 99.0 Å². The molecule has 4 unspecified atom stereocenters. The van der Waals surface area contributed by atoms with Gasteiger partial charge in [-0.25, -0.2) is 8.42 Å². The minimum Gasteiger partial charge on any atom is -0.466 e. The monoisotopic (exact) mass is 696 g/mol. The van der Waals surface area contributed by atoms with Crippen molar-refractivity contribution >= 4 is 27.5 Å². The number of aromatic nitrogens is 2. The molecule has 3 saturated heterocycles. The molecule has 0 radical (unpaired) electrons. The zero-order valence-corrected chi connectivity index (χ0v) is 28.4. The number of anilines is 1. The molecule has 0 aliphatic carbocycles. The van der Waals surface area contributed by atoms with Crippen molar-refractivity contribution in [2.24, 2.45) is 11.8 Å². The highest BCUT2D eigenvalue weighted by molar-refractivity contribution is 7.91. The average Bonchev–Trinajstić information content (AvgIpc) is 3.51. The molecule has 3 aliphatic heterocycles. The first-order valence-electron chi connectivity index (χ1n) is 17.2. The van der Waals surface area contributed by atoms with E-state index in [0.717, 1.165) is 25.8 Å². The van der Waals surface area contributed by atoms with Crippen LogP contribution in [0.3, 0.4) is 0 Å². The molecular weight excluding hydrogens is 652 g/mol. The second kappa shape index (κ2) is 16.0. The minimum absolute atomic E-state index is 0.121. The van der Waals surface area contributed by atoms with Crippen molar-refractivity contribution in [2.75, 3.05) is 44.4 Å². The summed E-state index contributed by atoms with van der Waals surface area (Å²) in [6.07, 6.45) is 7.56. The van der Waals surface area contributed by atoms with E-state index in [0.29, 0.717) is 30.5 Å². The second-order valence-corrected chi connectivity index (χ2v) is 14.8. The normalized spacial score (nSPS) is 22.2. The van der Waals surface area contributed by atoms with Crippen LogP contribution in [0, 0.1) is 17.0 Å². The summed E-state index contributed by atoms with van der Waals surface area (Å²) in [5, 5.41) is 14.5. The van der Waals surface area contributed by atoms with Crippen LogP contribution in [0.2, 0.25) is 0 Å². The molecule has 3 fully saturated rings. The summed E-state index contributed by atoms with van der Waals surface area (Å²) in [5.74, 6) is -0.295. The van der Waals surface area contributed by atoms with Crippen LogP contribution in [-0.4, -0.2) is 82.0 Å². The number of para-hydroxylation sites is 1. The summed E-state index contributed by atoms with van der Waals surface area (Å²) in [6, 6.07) is 19.2. The molecule has 0 spiro atoms. The summed E-state index contributed by atoms with van der Waals surface area (Å²) < 4.78 is 45.9. The van der Waals surface area contributed by atoms with Gasteiger partial charge in [0, 0.05) is 24.3 Å².